The average molecular weight is 282 g/mol. The number of carbonyl (C=O) groups excluding carboxylic acids is 2. The molecule has 3 rings (SSSR count). The van der Waals surface area contributed by atoms with Gasteiger partial charge in [-0.2, -0.15) is 0 Å². The second kappa shape index (κ2) is 4.70. The van der Waals surface area contributed by atoms with Gasteiger partial charge in [-0.25, -0.2) is 4.79 Å². The summed E-state index contributed by atoms with van der Waals surface area (Å²) in [6, 6.07) is -0.150. The molecule has 3 saturated heterocycles. The third kappa shape index (κ3) is 2.42. The molecule has 3 aliphatic heterocycles. The fourth-order valence-corrected chi connectivity index (χ4v) is 2.97. The molecular weight excluding hydrogens is 260 g/mol. The first-order chi connectivity index (χ1) is 9.41. The third-order valence-corrected chi connectivity index (χ3v) is 4.31. The number of hydrogen-bond donors (Lipinski definition) is 0. The van der Waals surface area contributed by atoms with Crippen LogP contribution in [-0.4, -0.2) is 67.8 Å². The van der Waals surface area contributed by atoms with Gasteiger partial charge in [0, 0.05) is 36.9 Å². The van der Waals surface area contributed by atoms with Crippen LogP contribution in [0.3, 0.4) is 0 Å². The van der Waals surface area contributed by atoms with Crippen LogP contribution in [0.15, 0.2) is 0 Å². The highest BCUT2D eigenvalue weighted by atomic mass is 16.5. The number of imide groups is 1. The van der Waals surface area contributed by atoms with E-state index in [4.69, 9.17) is 9.47 Å². The molecule has 0 radical (unpaired) electrons. The Morgan fingerprint density at radius 3 is 2.05 bits per heavy atom. The molecule has 6 heteroatoms. The van der Waals surface area contributed by atoms with Gasteiger partial charge in [-0.15, -0.1) is 0 Å². The smallest absolute Gasteiger partial charge is 0.326 e. The molecule has 0 bridgehead atoms. The maximum atomic E-state index is 12.5. The van der Waals surface area contributed by atoms with E-state index in [2.05, 4.69) is 13.8 Å². The largest absolute Gasteiger partial charge is 0.380 e. The van der Waals surface area contributed by atoms with Crippen molar-refractivity contribution in [1.29, 1.82) is 0 Å². The molecule has 0 aliphatic carbocycles. The van der Waals surface area contributed by atoms with Gasteiger partial charge in [-0.1, -0.05) is 13.8 Å². The molecule has 20 heavy (non-hydrogen) atoms. The highest BCUT2D eigenvalue weighted by Crippen LogP contribution is 2.31. The van der Waals surface area contributed by atoms with Crippen LogP contribution >= 0.6 is 0 Å². The molecule has 0 spiro atoms. The third-order valence-electron chi connectivity index (χ3n) is 4.31. The van der Waals surface area contributed by atoms with Crippen LogP contribution in [0.5, 0.6) is 0 Å². The van der Waals surface area contributed by atoms with Crippen LogP contribution in [-0.2, 0) is 14.3 Å². The zero-order chi connectivity index (χ0) is 14.4. The van der Waals surface area contributed by atoms with Gasteiger partial charge in [0.2, 0.25) is 5.91 Å². The van der Waals surface area contributed by atoms with Crippen molar-refractivity contribution in [2.75, 3.05) is 46.1 Å². The van der Waals surface area contributed by atoms with Crippen molar-refractivity contribution in [2.45, 2.75) is 20.3 Å². The lowest BCUT2D eigenvalue weighted by Crippen LogP contribution is -2.61. The monoisotopic (exact) mass is 282 g/mol. The van der Waals surface area contributed by atoms with Crippen LogP contribution in [0.2, 0.25) is 0 Å². The highest BCUT2D eigenvalue weighted by molar-refractivity contribution is 5.96. The Kier molecular flexibility index (Phi) is 3.25. The molecule has 0 aromatic carbocycles. The van der Waals surface area contributed by atoms with Crippen molar-refractivity contribution < 1.29 is 19.1 Å². The summed E-state index contributed by atoms with van der Waals surface area (Å²) in [7, 11) is 0. The van der Waals surface area contributed by atoms with Gasteiger partial charge >= 0.3 is 6.03 Å². The summed E-state index contributed by atoms with van der Waals surface area (Å²) in [4.78, 5) is 27.8. The predicted molar refractivity (Wildman–Crippen MR) is 71.2 cm³/mol. The molecule has 0 saturated carbocycles. The standard InChI is InChI=1S/C14H22N2O4/c1-13(7-19-8-13)5-15-4-3-11(17)16(12(15)18)6-14(2)9-20-10-14/h3-10H2,1-2H3. The summed E-state index contributed by atoms with van der Waals surface area (Å²) < 4.78 is 10.4. The first-order valence-electron chi connectivity index (χ1n) is 7.16. The maximum absolute atomic E-state index is 12.5. The molecule has 6 nitrogen and oxygen atoms in total. The molecule has 0 unspecified atom stereocenters. The van der Waals surface area contributed by atoms with E-state index in [1.54, 1.807) is 4.90 Å². The quantitative estimate of drug-likeness (QED) is 0.762. The number of carbonyl (C=O) groups is 2. The Bertz CT molecular complexity index is 429. The molecule has 0 aromatic heterocycles. The summed E-state index contributed by atoms with van der Waals surface area (Å²) in [6.45, 7) is 8.45. The molecule has 0 atom stereocenters. The molecular formula is C14H22N2O4. The van der Waals surface area contributed by atoms with Crippen molar-refractivity contribution in [3.63, 3.8) is 0 Å². The maximum Gasteiger partial charge on any atom is 0.326 e. The van der Waals surface area contributed by atoms with E-state index in [0.717, 1.165) is 0 Å². The van der Waals surface area contributed by atoms with Gasteiger partial charge in [-0.05, 0) is 0 Å². The highest BCUT2D eigenvalue weighted by Gasteiger charge is 2.44. The van der Waals surface area contributed by atoms with Crippen molar-refractivity contribution in [2.24, 2.45) is 10.8 Å². The van der Waals surface area contributed by atoms with E-state index in [1.165, 1.54) is 4.90 Å². The second-order valence-corrected chi connectivity index (χ2v) is 7.04. The minimum Gasteiger partial charge on any atom is -0.380 e. The number of nitrogens with zero attached hydrogens (tertiary/aromatic N) is 2. The van der Waals surface area contributed by atoms with E-state index in [9.17, 15) is 9.59 Å². The van der Waals surface area contributed by atoms with E-state index in [-0.39, 0.29) is 22.8 Å². The van der Waals surface area contributed by atoms with Crippen LogP contribution in [0.1, 0.15) is 20.3 Å². The lowest BCUT2D eigenvalue weighted by molar-refractivity contribution is -0.145. The Morgan fingerprint density at radius 2 is 1.55 bits per heavy atom. The summed E-state index contributed by atoms with van der Waals surface area (Å²) in [5.74, 6) is -0.0608. The average Bonchev–Trinajstić information content (AvgIpc) is 2.34. The van der Waals surface area contributed by atoms with E-state index in [0.29, 0.717) is 52.5 Å². The normalized spacial score (nSPS) is 28.1. The van der Waals surface area contributed by atoms with Crippen molar-refractivity contribution in [1.82, 2.24) is 9.80 Å². The summed E-state index contributed by atoms with van der Waals surface area (Å²) in [6.07, 6.45) is 0.416. The Hall–Kier alpha value is -1.14. The zero-order valence-electron chi connectivity index (χ0n) is 12.2. The summed E-state index contributed by atoms with van der Waals surface area (Å²) in [5.41, 5.74) is -0.0248. The molecule has 3 aliphatic rings. The van der Waals surface area contributed by atoms with Crippen molar-refractivity contribution in [3.8, 4) is 0 Å². The topological polar surface area (TPSA) is 59.1 Å². The fraction of sp³-hybridized carbons (Fsp3) is 0.857. The van der Waals surface area contributed by atoms with Gasteiger partial charge in [0.15, 0.2) is 0 Å². The number of urea groups is 1. The van der Waals surface area contributed by atoms with E-state index < -0.39 is 0 Å². The summed E-state index contributed by atoms with van der Waals surface area (Å²) in [5, 5.41) is 0. The molecule has 112 valence electrons. The second-order valence-electron chi connectivity index (χ2n) is 7.04. The van der Waals surface area contributed by atoms with Crippen LogP contribution < -0.4 is 0 Å². The van der Waals surface area contributed by atoms with Gasteiger partial charge in [0.05, 0.1) is 26.4 Å². The van der Waals surface area contributed by atoms with Gasteiger partial charge in [-0.3, -0.25) is 9.69 Å². The number of rotatable bonds is 4. The molecule has 0 aromatic rings. The van der Waals surface area contributed by atoms with Crippen molar-refractivity contribution in [3.05, 3.63) is 0 Å². The minimum absolute atomic E-state index is 0.0468. The number of hydrogen-bond acceptors (Lipinski definition) is 4. The van der Waals surface area contributed by atoms with Crippen LogP contribution in [0.25, 0.3) is 0 Å². The van der Waals surface area contributed by atoms with Gasteiger partial charge in [0.25, 0.3) is 0 Å². The Morgan fingerprint density at radius 1 is 1.00 bits per heavy atom. The molecule has 3 amide bonds. The first kappa shape index (κ1) is 13.8. The Balaban J connectivity index is 1.66. The first-order valence-corrected chi connectivity index (χ1v) is 7.16. The number of amides is 3. The van der Waals surface area contributed by atoms with Crippen LogP contribution in [0, 0.1) is 10.8 Å². The van der Waals surface area contributed by atoms with Crippen LogP contribution in [0.4, 0.5) is 4.79 Å². The van der Waals surface area contributed by atoms with Gasteiger partial charge < -0.3 is 14.4 Å². The van der Waals surface area contributed by atoms with E-state index in [1.807, 2.05) is 0 Å². The minimum atomic E-state index is -0.150. The lowest BCUT2D eigenvalue weighted by atomic mass is 9.87. The lowest BCUT2D eigenvalue weighted by Gasteiger charge is -2.46. The van der Waals surface area contributed by atoms with Gasteiger partial charge in [0.1, 0.15) is 0 Å². The number of ether oxygens (including phenoxy) is 2. The molecule has 0 N–H and O–H groups in total. The molecule has 3 heterocycles. The Labute approximate surface area is 119 Å². The van der Waals surface area contributed by atoms with E-state index >= 15 is 0 Å². The predicted octanol–water partition coefficient (Wildman–Crippen LogP) is 0.714. The molecule has 3 fully saturated rings. The fourth-order valence-electron chi connectivity index (χ4n) is 2.97. The van der Waals surface area contributed by atoms with Crippen molar-refractivity contribution >= 4 is 11.9 Å². The SMILES string of the molecule is CC1(CN2CCC(=O)N(CC3(C)COC3)C2=O)COC1. The zero-order valence-corrected chi connectivity index (χ0v) is 12.2. The summed E-state index contributed by atoms with van der Waals surface area (Å²) >= 11 is 0.